The minimum atomic E-state index is -1.14. The standard InChI is InChI=1S/C30H36Cl2N4O5/c1-2-3-10-33-29(40)27(38)23(11-16-6-5-9-25(16)37)35-28(39)26-19-8-4-7-17(19)15-36(26)30(41)24-14-20-21(32)12-18(31)13-22(20)34-24/h12-14,16-17,19,23,26,34H,2-11,15H2,1H3,(H,33,40)(H,35,39)/t16-,17-,19-,23-,26-/m0/s1. The summed E-state index contributed by atoms with van der Waals surface area (Å²) < 4.78 is 0. The Hall–Kier alpha value is -2.91. The predicted molar refractivity (Wildman–Crippen MR) is 156 cm³/mol. The summed E-state index contributed by atoms with van der Waals surface area (Å²) in [6, 6.07) is 3.03. The number of hydrogen-bond donors (Lipinski definition) is 3. The fourth-order valence-electron chi connectivity index (χ4n) is 6.82. The number of halogens is 2. The minimum absolute atomic E-state index is 0.0505. The summed E-state index contributed by atoms with van der Waals surface area (Å²) in [4.78, 5) is 70.8. The van der Waals surface area contributed by atoms with Crippen molar-refractivity contribution >= 4 is 63.4 Å². The van der Waals surface area contributed by atoms with Gasteiger partial charge in [-0.2, -0.15) is 0 Å². The van der Waals surface area contributed by atoms with Crippen molar-refractivity contribution in [1.29, 1.82) is 0 Å². The zero-order chi connectivity index (χ0) is 29.3. The van der Waals surface area contributed by atoms with Crippen LogP contribution in [0.2, 0.25) is 10.0 Å². The number of Topliss-reactive ketones (excluding diaryl/α,β-unsaturated/α-hetero) is 2. The van der Waals surface area contributed by atoms with Crippen molar-refractivity contribution in [3.8, 4) is 0 Å². The van der Waals surface area contributed by atoms with Crippen molar-refractivity contribution in [2.24, 2.45) is 17.8 Å². The number of amides is 3. The molecule has 5 rings (SSSR count). The molecule has 2 saturated carbocycles. The van der Waals surface area contributed by atoms with E-state index in [1.165, 1.54) is 0 Å². The van der Waals surface area contributed by atoms with Crippen LogP contribution >= 0.6 is 23.2 Å². The number of unbranched alkanes of at least 4 members (excludes halogenated alkanes) is 1. The van der Waals surface area contributed by atoms with Gasteiger partial charge < -0.3 is 20.5 Å². The van der Waals surface area contributed by atoms with E-state index in [9.17, 15) is 24.0 Å². The Labute approximate surface area is 249 Å². The highest BCUT2D eigenvalue weighted by Crippen LogP contribution is 2.43. The fourth-order valence-corrected chi connectivity index (χ4v) is 7.36. The number of aromatic amines is 1. The molecule has 2 aliphatic carbocycles. The first-order valence-corrected chi connectivity index (χ1v) is 15.4. The fraction of sp³-hybridized carbons (Fsp3) is 0.567. The smallest absolute Gasteiger partial charge is 0.289 e. The molecule has 3 amide bonds. The van der Waals surface area contributed by atoms with E-state index in [4.69, 9.17) is 23.2 Å². The first kappa shape index (κ1) is 29.6. The number of fused-ring (bicyclic) bond motifs is 2. The molecule has 0 unspecified atom stereocenters. The maximum absolute atomic E-state index is 13.9. The van der Waals surface area contributed by atoms with Crippen LogP contribution in [0.1, 0.15) is 75.2 Å². The van der Waals surface area contributed by atoms with Crippen LogP contribution in [0.5, 0.6) is 0 Å². The second kappa shape index (κ2) is 12.5. The van der Waals surface area contributed by atoms with Crippen molar-refractivity contribution in [3.63, 3.8) is 0 Å². The molecule has 1 aromatic heterocycles. The van der Waals surface area contributed by atoms with Gasteiger partial charge in [0.1, 0.15) is 17.5 Å². The van der Waals surface area contributed by atoms with Gasteiger partial charge in [0.05, 0.1) is 11.1 Å². The first-order valence-electron chi connectivity index (χ1n) is 14.6. The van der Waals surface area contributed by atoms with Gasteiger partial charge in [0, 0.05) is 41.4 Å². The summed E-state index contributed by atoms with van der Waals surface area (Å²) >= 11 is 12.5. The van der Waals surface area contributed by atoms with E-state index in [-0.39, 0.29) is 35.9 Å². The summed E-state index contributed by atoms with van der Waals surface area (Å²) in [5.74, 6) is -2.53. The largest absolute Gasteiger partial charge is 0.350 e. The lowest BCUT2D eigenvalue weighted by Crippen LogP contribution is -2.55. The van der Waals surface area contributed by atoms with E-state index in [1.54, 1.807) is 23.1 Å². The molecule has 0 radical (unpaired) electrons. The van der Waals surface area contributed by atoms with Gasteiger partial charge in [-0.3, -0.25) is 24.0 Å². The summed E-state index contributed by atoms with van der Waals surface area (Å²) in [5, 5.41) is 6.96. The first-order chi connectivity index (χ1) is 19.7. The van der Waals surface area contributed by atoms with Crippen LogP contribution in [0, 0.1) is 17.8 Å². The van der Waals surface area contributed by atoms with E-state index in [1.807, 2.05) is 6.92 Å². The normalized spacial score (nSPS) is 24.5. The van der Waals surface area contributed by atoms with Gasteiger partial charge in [0.25, 0.3) is 11.8 Å². The Morgan fingerprint density at radius 3 is 2.63 bits per heavy atom. The molecule has 5 atom stereocenters. The molecule has 3 fully saturated rings. The molecule has 2 aromatic rings. The van der Waals surface area contributed by atoms with Crippen LogP contribution in [0.3, 0.4) is 0 Å². The maximum atomic E-state index is 13.9. The average molecular weight is 604 g/mol. The lowest BCUT2D eigenvalue weighted by molar-refractivity contribution is -0.141. The minimum Gasteiger partial charge on any atom is -0.350 e. The highest BCUT2D eigenvalue weighted by Gasteiger charge is 2.50. The van der Waals surface area contributed by atoms with Crippen molar-refractivity contribution < 1.29 is 24.0 Å². The molecule has 0 spiro atoms. The molecule has 3 N–H and O–H groups in total. The molecule has 2 heterocycles. The number of H-pyrrole nitrogens is 1. The highest BCUT2D eigenvalue weighted by atomic mass is 35.5. The van der Waals surface area contributed by atoms with Crippen LogP contribution in [-0.2, 0) is 19.2 Å². The second-order valence-electron chi connectivity index (χ2n) is 11.6. The van der Waals surface area contributed by atoms with Crippen molar-refractivity contribution in [2.75, 3.05) is 13.1 Å². The molecule has 1 saturated heterocycles. The lowest BCUT2D eigenvalue weighted by Gasteiger charge is -2.29. The average Bonchev–Trinajstić information content (AvgIpc) is 3.71. The number of benzene rings is 1. The summed E-state index contributed by atoms with van der Waals surface area (Å²) in [7, 11) is 0. The molecule has 1 aromatic carbocycles. The molecule has 0 bridgehead atoms. The summed E-state index contributed by atoms with van der Waals surface area (Å²) in [6.45, 7) is 2.76. The van der Waals surface area contributed by atoms with Gasteiger partial charge in [-0.1, -0.05) is 43.0 Å². The molecular formula is C30H36Cl2N4O5. The zero-order valence-electron chi connectivity index (χ0n) is 23.1. The molecular weight excluding hydrogens is 567 g/mol. The van der Waals surface area contributed by atoms with Crippen LogP contribution in [0.15, 0.2) is 18.2 Å². The quantitative estimate of drug-likeness (QED) is 0.273. The summed E-state index contributed by atoms with van der Waals surface area (Å²) in [5.41, 5.74) is 0.911. The highest BCUT2D eigenvalue weighted by molar-refractivity contribution is 6.39. The third-order valence-electron chi connectivity index (χ3n) is 8.93. The second-order valence-corrected chi connectivity index (χ2v) is 12.5. The van der Waals surface area contributed by atoms with E-state index in [2.05, 4.69) is 15.6 Å². The topological polar surface area (TPSA) is 128 Å². The number of nitrogens with one attached hydrogen (secondary N) is 3. The van der Waals surface area contributed by atoms with Crippen LogP contribution < -0.4 is 10.6 Å². The summed E-state index contributed by atoms with van der Waals surface area (Å²) in [6.07, 6.45) is 6.12. The number of likely N-dealkylation sites (tertiary alicyclic amines) is 1. The molecule has 1 aliphatic heterocycles. The van der Waals surface area contributed by atoms with Crippen LogP contribution in [0.25, 0.3) is 10.9 Å². The number of rotatable bonds is 10. The van der Waals surface area contributed by atoms with Crippen molar-refractivity contribution in [3.05, 3.63) is 33.9 Å². The lowest BCUT2D eigenvalue weighted by atomic mass is 9.91. The monoisotopic (exact) mass is 602 g/mol. The van der Waals surface area contributed by atoms with Crippen LogP contribution in [0.4, 0.5) is 0 Å². The Bertz CT molecular complexity index is 1370. The predicted octanol–water partition coefficient (Wildman–Crippen LogP) is 4.44. The van der Waals surface area contributed by atoms with Gasteiger partial charge in [-0.05, 0) is 68.6 Å². The van der Waals surface area contributed by atoms with Gasteiger partial charge >= 0.3 is 0 Å². The third-order valence-corrected chi connectivity index (χ3v) is 9.46. The molecule has 220 valence electrons. The van der Waals surface area contributed by atoms with E-state index in [0.29, 0.717) is 52.6 Å². The number of hydrogen-bond acceptors (Lipinski definition) is 5. The Morgan fingerprint density at radius 2 is 1.90 bits per heavy atom. The SMILES string of the molecule is CCCCNC(=O)C(=O)[C@H](C[C@@H]1CCCC1=O)NC(=O)[C@@H]1[C@H]2CCC[C@H]2CN1C(=O)c1cc2c(Cl)cc(Cl)cc2[nH]1. The van der Waals surface area contributed by atoms with Gasteiger partial charge in [-0.15, -0.1) is 0 Å². The van der Waals surface area contributed by atoms with Gasteiger partial charge in [0.2, 0.25) is 11.7 Å². The third kappa shape index (κ3) is 6.16. The van der Waals surface area contributed by atoms with Crippen LogP contribution in [-0.4, -0.2) is 64.3 Å². The Kier molecular flexibility index (Phi) is 9.04. The van der Waals surface area contributed by atoms with Crippen molar-refractivity contribution in [1.82, 2.24) is 20.5 Å². The molecule has 9 nitrogen and oxygen atoms in total. The van der Waals surface area contributed by atoms with E-state index < -0.39 is 29.7 Å². The maximum Gasteiger partial charge on any atom is 0.289 e. The molecule has 11 heteroatoms. The number of ketones is 2. The number of carbonyl (C=O) groups excluding carboxylic acids is 5. The Balaban J connectivity index is 1.39. The number of aromatic nitrogens is 1. The van der Waals surface area contributed by atoms with Gasteiger partial charge in [0.15, 0.2) is 0 Å². The molecule has 41 heavy (non-hydrogen) atoms. The number of carbonyl (C=O) groups is 5. The molecule has 3 aliphatic rings. The van der Waals surface area contributed by atoms with Crippen molar-refractivity contribution in [2.45, 2.75) is 76.8 Å². The van der Waals surface area contributed by atoms with E-state index >= 15 is 0 Å². The zero-order valence-corrected chi connectivity index (χ0v) is 24.7. The Morgan fingerprint density at radius 1 is 1.10 bits per heavy atom. The van der Waals surface area contributed by atoms with Gasteiger partial charge in [-0.25, -0.2) is 0 Å². The van der Waals surface area contributed by atoms with E-state index in [0.717, 1.165) is 38.5 Å². The number of nitrogens with zero attached hydrogens (tertiary/aromatic N) is 1.